The van der Waals surface area contributed by atoms with Gasteiger partial charge in [-0.05, 0) is 12.5 Å². The summed E-state index contributed by atoms with van der Waals surface area (Å²) in [5, 5.41) is 2.75. The molecule has 1 amide bonds. The number of amides is 1. The van der Waals surface area contributed by atoms with Crippen LogP contribution in [0.4, 0.5) is 0 Å². The van der Waals surface area contributed by atoms with Crippen molar-refractivity contribution in [3.8, 4) is 0 Å². The zero-order valence-corrected chi connectivity index (χ0v) is 13.9. The summed E-state index contributed by atoms with van der Waals surface area (Å²) in [5.41, 5.74) is -0.481. The number of H-pyrrole nitrogens is 1. The number of methoxy groups -OCH3 is 1. The minimum absolute atomic E-state index is 0.285. The van der Waals surface area contributed by atoms with Crippen LogP contribution in [-0.4, -0.2) is 28.5 Å². The van der Waals surface area contributed by atoms with E-state index in [1.807, 2.05) is 6.07 Å². The second kappa shape index (κ2) is 8.09. The van der Waals surface area contributed by atoms with E-state index in [4.69, 9.17) is 4.74 Å². The van der Waals surface area contributed by atoms with Crippen molar-refractivity contribution in [3.63, 3.8) is 0 Å². The molecule has 8 nitrogen and oxygen atoms in total. The third-order valence-corrected chi connectivity index (χ3v) is 3.76. The van der Waals surface area contributed by atoms with Crippen LogP contribution in [-0.2, 0) is 20.9 Å². The average molecular weight is 345 g/mol. The Labute approximate surface area is 143 Å². The van der Waals surface area contributed by atoms with Gasteiger partial charge in [-0.25, -0.2) is 4.79 Å². The monoisotopic (exact) mass is 345 g/mol. The van der Waals surface area contributed by atoms with Crippen LogP contribution in [0, 0.1) is 5.92 Å². The zero-order chi connectivity index (χ0) is 18.4. The van der Waals surface area contributed by atoms with Gasteiger partial charge in [-0.2, -0.15) is 0 Å². The number of carbonyl (C=O) groups is 2. The second-order valence-electron chi connectivity index (χ2n) is 5.51. The molecule has 0 fully saturated rings. The van der Waals surface area contributed by atoms with Crippen molar-refractivity contribution in [2.75, 3.05) is 7.11 Å². The highest BCUT2D eigenvalue weighted by Crippen LogP contribution is 2.22. The van der Waals surface area contributed by atoms with Crippen LogP contribution in [0.1, 0.15) is 18.5 Å². The van der Waals surface area contributed by atoms with Crippen molar-refractivity contribution in [1.29, 1.82) is 0 Å². The first-order valence-corrected chi connectivity index (χ1v) is 7.64. The van der Waals surface area contributed by atoms with Gasteiger partial charge in [0.05, 0.1) is 19.1 Å². The molecular formula is C17H19N3O5. The SMILES string of the molecule is COC(=O)[C@@H](C)[C@H](NC(=O)Cn1ccc(=O)[nH]c1=O)c1ccccc1. The summed E-state index contributed by atoms with van der Waals surface area (Å²) < 4.78 is 5.83. The van der Waals surface area contributed by atoms with Crippen LogP contribution in [0.15, 0.2) is 52.2 Å². The fraction of sp³-hybridized carbons (Fsp3) is 0.294. The number of esters is 1. The number of carbonyl (C=O) groups excluding carboxylic acids is 2. The molecule has 1 aromatic carbocycles. The molecule has 132 valence electrons. The number of aromatic amines is 1. The normalized spacial score (nSPS) is 12.9. The van der Waals surface area contributed by atoms with Gasteiger partial charge in [-0.15, -0.1) is 0 Å². The van der Waals surface area contributed by atoms with Crippen molar-refractivity contribution in [2.24, 2.45) is 5.92 Å². The number of rotatable bonds is 6. The fourth-order valence-corrected chi connectivity index (χ4v) is 2.42. The van der Waals surface area contributed by atoms with E-state index in [0.29, 0.717) is 0 Å². The molecule has 0 bridgehead atoms. The van der Waals surface area contributed by atoms with Crippen molar-refractivity contribution in [2.45, 2.75) is 19.5 Å². The third-order valence-electron chi connectivity index (χ3n) is 3.76. The molecule has 0 aliphatic heterocycles. The average Bonchev–Trinajstić information content (AvgIpc) is 2.61. The highest BCUT2D eigenvalue weighted by Gasteiger charge is 2.27. The van der Waals surface area contributed by atoms with Gasteiger partial charge in [-0.3, -0.25) is 23.9 Å². The molecule has 25 heavy (non-hydrogen) atoms. The standard InChI is InChI=1S/C17H19N3O5/c1-11(16(23)25-2)15(12-6-4-3-5-7-12)18-14(22)10-20-9-8-13(21)19-17(20)24/h3-9,11,15H,10H2,1-2H3,(H,18,22)(H,19,21,24)/t11-,15-/m0/s1. The molecule has 0 saturated carbocycles. The summed E-state index contributed by atoms with van der Waals surface area (Å²) in [6.45, 7) is 1.36. The molecule has 0 saturated heterocycles. The third kappa shape index (κ3) is 4.66. The number of benzene rings is 1. The smallest absolute Gasteiger partial charge is 0.328 e. The molecule has 2 N–H and O–H groups in total. The van der Waals surface area contributed by atoms with E-state index >= 15 is 0 Å². The first-order valence-electron chi connectivity index (χ1n) is 7.64. The molecule has 1 aromatic heterocycles. The lowest BCUT2D eigenvalue weighted by Crippen LogP contribution is -2.40. The number of hydrogen-bond acceptors (Lipinski definition) is 5. The molecule has 2 atom stereocenters. The second-order valence-corrected chi connectivity index (χ2v) is 5.51. The van der Waals surface area contributed by atoms with Crippen LogP contribution in [0.2, 0.25) is 0 Å². The van der Waals surface area contributed by atoms with Crippen LogP contribution < -0.4 is 16.6 Å². The van der Waals surface area contributed by atoms with Gasteiger partial charge in [0.15, 0.2) is 0 Å². The quantitative estimate of drug-likeness (QED) is 0.727. The molecule has 0 spiro atoms. The molecule has 2 aromatic rings. The van der Waals surface area contributed by atoms with Gasteiger partial charge < -0.3 is 10.1 Å². The lowest BCUT2D eigenvalue weighted by atomic mass is 9.94. The summed E-state index contributed by atoms with van der Waals surface area (Å²) in [6.07, 6.45) is 1.24. The van der Waals surface area contributed by atoms with Crippen LogP contribution in [0.25, 0.3) is 0 Å². The Kier molecular flexibility index (Phi) is 5.89. The summed E-state index contributed by atoms with van der Waals surface area (Å²) in [6, 6.07) is 9.54. The van der Waals surface area contributed by atoms with Crippen LogP contribution in [0.5, 0.6) is 0 Å². The summed E-state index contributed by atoms with van der Waals surface area (Å²) in [4.78, 5) is 49.0. The fourth-order valence-electron chi connectivity index (χ4n) is 2.42. The van der Waals surface area contributed by atoms with E-state index in [9.17, 15) is 19.2 Å². The van der Waals surface area contributed by atoms with E-state index in [-0.39, 0.29) is 6.54 Å². The maximum absolute atomic E-state index is 12.3. The first-order chi connectivity index (χ1) is 11.9. The highest BCUT2D eigenvalue weighted by molar-refractivity contribution is 5.78. The number of ether oxygens (including phenoxy) is 1. The molecule has 0 aliphatic rings. The largest absolute Gasteiger partial charge is 0.469 e. The summed E-state index contributed by atoms with van der Waals surface area (Å²) in [5.74, 6) is -1.56. The molecule has 0 radical (unpaired) electrons. The van der Waals surface area contributed by atoms with Gasteiger partial charge in [0.1, 0.15) is 6.54 Å². The highest BCUT2D eigenvalue weighted by atomic mass is 16.5. The Hall–Kier alpha value is -3.16. The summed E-state index contributed by atoms with van der Waals surface area (Å²) >= 11 is 0. The lowest BCUT2D eigenvalue weighted by Gasteiger charge is -2.24. The Morgan fingerprint density at radius 1 is 1.20 bits per heavy atom. The maximum atomic E-state index is 12.3. The summed E-state index contributed by atoms with van der Waals surface area (Å²) in [7, 11) is 1.28. The van der Waals surface area contributed by atoms with E-state index < -0.39 is 35.1 Å². The molecule has 2 rings (SSSR count). The molecule has 0 aliphatic carbocycles. The van der Waals surface area contributed by atoms with Crippen molar-refractivity contribution >= 4 is 11.9 Å². The molecular weight excluding hydrogens is 326 g/mol. The number of nitrogens with zero attached hydrogens (tertiary/aromatic N) is 1. The van der Waals surface area contributed by atoms with Gasteiger partial charge >= 0.3 is 11.7 Å². The van der Waals surface area contributed by atoms with E-state index in [0.717, 1.165) is 16.2 Å². The predicted octanol–water partition coefficient (Wildman–Crippen LogP) is 0.203. The van der Waals surface area contributed by atoms with Crippen LogP contribution >= 0.6 is 0 Å². The predicted molar refractivity (Wildman–Crippen MR) is 89.8 cm³/mol. The van der Waals surface area contributed by atoms with Crippen molar-refractivity contribution in [3.05, 3.63) is 69.0 Å². The lowest BCUT2D eigenvalue weighted by molar-refractivity contribution is -0.146. The van der Waals surface area contributed by atoms with Crippen LogP contribution in [0.3, 0.4) is 0 Å². The molecule has 8 heteroatoms. The minimum atomic E-state index is -0.681. The number of hydrogen-bond donors (Lipinski definition) is 2. The van der Waals surface area contributed by atoms with Crippen molar-refractivity contribution in [1.82, 2.24) is 14.9 Å². The van der Waals surface area contributed by atoms with Gasteiger partial charge in [0.2, 0.25) is 5.91 Å². The minimum Gasteiger partial charge on any atom is -0.469 e. The Morgan fingerprint density at radius 3 is 2.48 bits per heavy atom. The Bertz CT molecular complexity index is 856. The Balaban J connectivity index is 2.21. The zero-order valence-electron chi connectivity index (χ0n) is 13.9. The van der Waals surface area contributed by atoms with Gasteiger partial charge in [0, 0.05) is 12.3 Å². The van der Waals surface area contributed by atoms with Gasteiger partial charge in [0.25, 0.3) is 5.56 Å². The van der Waals surface area contributed by atoms with Gasteiger partial charge in [-0.1, -0.05) is 30.3 Å². The first kappa shape index (κ1) is 18.2. The molecule has 1 heterocycles. The van der Waals surface area contributed by atoms with E-state index in [1.165, 1.54) is 13.3 Å². The topological polar surface area (TPSA) is 110 Å². The van der Waals surface area contributed by atoms with E-state index in [2.05, 4.69) is 10.3 Å². The Morgan fingerprint density at radius 2 is 1.88 bits per heavy atom. The maximum Gasteiger partial charge on any atom is 0.328 e. The number of aromatic nitrogens is 2. The van der Waals surface area contributed by atoms with Crippen molar-refractivity contribution < 1.29 is 14.3 Å². The number of nitrogens with one attached hydrogen (secondary N) is 2. The molecule has 0 unspecified atom stereocenters. The van der Waals surface area contributed by atoms with E-state index in [1.54, 1.807) is 31.2 Å².